The van der Waals surface area contributed by atoms with Crippen LogP contribution in [0.4, 0.5) is 5.69 Å². The first kappa shape index (κ1) is 21.4. The van der Waals surface area contributed by atoms with Crippen molar-refractivity contribution >= 4 is 17.6 Å². The zero-order valence-corrected chi connectivity index (χ0v) is 18.3. The third-order valence-electron chi connectivity index (χ3n) is 6.10. The van der Waals surface area contributed by atoms with Crippen molar-refractivity contribution < 1.29 is 9.21 Å². The van der Waals surface area contributed by atoms with Gasteiger partial charge in [-0.05, 0) is 56.0 Å². The van der Waals surface area contributed by atoms with Crippen molar-refractivity contribution in [3.05, 3.63) is 54.0 Å². The molecule has 1 aliphatic heterocycles. The van der Waals surface area contributed by atoms with Gasteiger partial charge in [-0.2, -0.15) is 0 Å². The molecule has 1 aromatic carbocycles. The number of furan rings is 1. The van der Waals surface area contributed by atoms with Gasteiger partial charge in [0.1, 0.15) is 0 Å². The van der Waals surface area contributed by atoms with E-state index in [-0.39, 0.29) is 5.91 Å². The van der Waals surface area contributed by atoms with E-state index in [0.29, 0.717) is 18.3 Å². The number of hydrogen-bond donors (Lipinski definition) is 3. The van der Waals surface area contributed by atoms with E-state index < -0.39 is 0 Å². The zero-order valence-electron chi connectivity index (χ0n) is 18.3. The summed E-state index contributed by atoms with van der Waals surface area (Å²) in [6.45, 7) is 5.73. The molecule has 31 heavy (non-hydrogen) atoms. The van der Waals surface area contributed by atoms with Crippen LogP contribution < -0.4 is 16.0 Å². The molecule has 2 fully saturated rings. The molecule has 0 bridgehead atoms. The fourth-order valence-corrected chi connectivity index (χ4v) is 4.54. The highest BCUT2D eigenvalue weighted by Gasteiger charge is 2.30. The second kappa shape index (κ2) is 10.5. The van der Waals surface area contributed by atoms with Crippen LogP contribution in [0.25, 0.3) is 0 Å². The monoisotopic (exact) mass is 423 g/mol. The van der Waals surface area contributed by atoms with Crippen LogP contribution in [0.2, 0.25) is 0 Å². The second-order valence-corrected chi connectivity index (χ2v) is 8.39. The third kappa shape index (κ3) is 5.88. The molecule has 2 aromatic rings. The minimum absolute atomic E-state index is 0.256. The van der Waals surface area contributed by atoms with E-state index in [0.717, 1.165) is 42.8 Å². The number of benzene rings is 1. The lowest BCUT2D eigenvalue weighted by Gasteiger charge is -2.24. The standard InChI is InChI=1S/C24H33N5O2/c1-2-25-24(28-20-12-13-29(17-20)21-9-3-4-10-21)26-16-18-7-5-8-19(15-18)27-23(30)22-11-6-14-31-22/h5-8,11,14-15,20-21H,2-4,9-10,12-13,16-17H2,1H3,(H,27,30)(H2,25,26,28). The first-order chi connectivity index (χ1) is 15.2. The maximum absolute atomic E-state index is 12.2. The van der Waals surface area contributed by atoms with Crippen molar-refractivity contribution in [2.45, 2.75) is 57.7 Å². The summed E-state index contributed by atoms with van der Waals surface area (Å²) in [5, 5.41) is 9.86. The maximum Gasteiger partial charge on any atom is 0.291 e. The SMILES string of the molecule is CCNC(=NCc1cccc(NC(=O)c2ccco2)c1)NC1CCN(C2CCCC2)C1. The van der Waals surface area contributed by atoms with Crippen molar-refractivity contribution in [1.29, 1.82) is 0 Å². The zero-order chi connectivity index (χ0) is 21.5. The van der Waals surface area contributed by atoms with Gasteiger partial charge in [-0.1, -0.05) is 25.0 Å². The molecule has 2 aliphatic rings. The highest BCUT2D eigenvalue weighted by molar-refractivity contribution is 6.02. The van der Waals surface area contributed by atoms with Crippen LogP contribution >= 0.6 is 0 Å². The van der Waals surface area contributed by atoms with Crippen molar-refractivity contribution in [3.8, 4) is 0 Å². The maximum atomic E-state index is 12.2. The van der Waals surface area contributed by atoms with Crippen molar-refractivity contribution in [1.82, 2.24) is 15.5 Å². The molecule has 7 nitrogen and oxygen atoms in total. The fourth-order valence-electron chi connectivity index (χ4n) is 4.54. The minimum Gasteiger partial charge on any atom is -0.459 e. The summed E-state index contributed by atoms with van der Waals surface area (Å²) in [5.41, 5.74) is 1.77. The Balaban J connectivity index is 1.33. The quantitative estimate of drug-likeness (QED) is 0.468. The molecular weight excluding hydrogens is 390 g/mol. The van der Waals surface area contributed by atoms with Gasteiger partial charge in [-0.3, -0.25) is 9.69 Å². The van der Waals surface area contributed by atoms with Crippen LogP contribution in [-0.2, 0) is 6.54 Å². The van der Waals surface area contributed by atoms with Gasteiger partial charge in [0.25, 0.3) is 5.91 Å². The first-order valence-electron chi connectivity index (χ1n) is 11.4. The number of likely N-dealkylation sites (tertiary alicyclic amines) is 1. The molecule has 1 atom stereocenters. The van der Waals surface area contributed by atoms with E-state index in [1.807, 2.05) is 24.3 Å². The smallest absolute Gasteiger partial charge is 0.291 e. The second-order valence-electron chi connectivity index (χ2n) is 8.39. The number of hydrogen-bond acceptors (Lipinski definition) is 4. The number of nitrogens with zero attached hydrogens (tertiary/aromatic N) is 2. The lowest BCUT2D eigenvalue weighted by atomic mass is 10.2. The number of guanidine groups is 1. The number of anilines is 1. The summed E-state index contributed by atoms with van der Waals surface area (Å²) in [4.78, 5) is 19.6. The van der Waals surface area contributed by atoms with Crippen molar-refractivity contribution in [2.24, 2.45) is 4.99 Å². The summed E-state index contributed by atoms with van der Waals surface area (Å²) >= 11 is 0. The summed E-state index contributed by atoms with van der Waals surface area (Å²) in [7, 11) is 0. The van der Waals surface area contributed by atoms with Gasteiger partial charge >= 0.3 is 0 Å². The Morgan fingerprint density at radius 2 is 2.06 bits per heavy atom. The van der Waals surface area contributed by atoms with E-state index in [4.69, 9.17) is 9.41 Å². The highest BCUT2D eigenvalue weighted by Crippen LogP contribution is 2.26. The molecule has 166 valence electrons. The molecule has 1 saturated carbocycles. The van der Waals surface area contributed by atoms with Gasteiger partial charge in [0.05, 0.1) is 12.8 Å². The molecule has 0 spiro atoms. The van der Waals surface area contributed by atoms with Crippen LogP contribution in [0.5, 0.6) is 0 Å². The topological polar surface area (TPSA) is 81.9 Å². The Labute approximate surface area is 184 Å². The largest absolute Gasteiger partial charge is 0.459 e. The van der Waals surface area contributed by atoms with E-state index in [9.17, 15) is 4.79 Å². The molecule has 7 heteroatoms. The molecule has 1 aliphatic carbocycles. The van der Waals surface area contributed by atoms with Gasteiger partial charge in [-0.25, -0.2) is 4.99 Å². The van der Waals surface area contributed by atoms with E-state index in [1.54, 1.807) is 12.1 Å². The van der Waals surface area contributed by atoms with E-state index in [2.05, 4.69) is 27.8 Å². The molecular formula is C24H33N5O2. The fraction of sp³-hybridized carbons (Fsp3) is 0.500. The number of carbonyl (C=O) groups is 1. The van der Waals surface area contributed by atoms with E-state index >= 15 is 0 Å². The molecule has 0 radical (unpaired) electrons. The Morgan fingerprint density at radius 1 is 1.19 bits per heavy atom. The van der Waals surface area contributed by atoms with Crippen molar-refractivity contribution in [3.63, 3.8) is 0 Å². The lowest BCUT2D eigenvalue weighted by Crippen LogP contribution is -2.45. The number of rotatable bonds is 7. The highest BCUT2D eigenvalue weighted by atomic mass is 16.3. The molecule has 1 aromatic heterocycles. The Bertz CT molecular complexity index is 874. The van der Waals surface area contributed by atoms with Crippen LogP contribution in [0.1, 0.15) is 55.1 Å². The van der Waals surface area contributed by atoms with Crippen LogP contribution in [-0.4, -0.2) is 48.5 Å². The number of nitrogens with one attached hydrogen (secondary N) is 3. The molecule has 1 amide bonds. The third-order valence-corrected chi connectivity index (χ3v) is 6.10. The predicted octanol–water partition coefficient (Wildman–Crippen LogP) is 3.60. The van der Waals surface area contributed by atoms with E-state index in [1.165, 1.54) is 38.5 Å². The summed E-state index contributed by atoms with van der Waals surface area (Å²) in [5.74, 6) is 0.893. The van der Waals surface area contributed by atoms with Gasteiger partial charge in [0.2, 0.25) is 0 Å². The molecule has 4 rings (SSSR count). The molecule has 1 unspecified atom stereocenters. The van der Waals surface area contributed by atoms with Gasteiger partial charge < -0.3 is 20.4 Å². The normalized spacial score (nSPS) is 20.2. The van der Waals surface area contributed by atoms with Gasteiger partial charge in [0, 0.05) is 37.4 Å². The number of carbonyl (C=O) groups excluding carboxylic acids is 1. The minimum atomic E-state index is -0.256. The molecule has 1 saturated heterocycles. The first-order valence-corrected chi connectivity index (χ1v) is 11.4. The van der Waals surface area contributed by atoms with Gasteiger partial charge in [-0.15, -0.1) is 0 Å². The lowest BCUT2D eigenvalue weighted by molar-refractivity contribution is 0.0996. The van der Waals surface area contributed by atoms with Crippen LogP contribution in [0.3, 0.4) is 0 Å². The average Bonchev–Trinajstić information content (AvgIpc) is 3.55. The Kier molecular flexibility index (Phi) is 7.25. The summed E-state index contributed by atoms with van der Waals surface area (Å²) < 4.78 is 5.15. The van der Waals surface area contributed by atoms with Crippen molar-refractivity contribution in [2.75, 3.05) is 25.0 Å². The van der Waals surface area contributed by atoms with Crippen LogP contribution in [0, 0.1) is 0 Å². The Morgan fingerprint density at radius 3 is 2.84 bits per heavy atom. The van der Waals surface area contributed by atoms with Crippen LogP contribution in [0.15, 0.2) is 52.1 Å². The Hall–Kier alpha value is -2.80. The molecule has 2 heterocycles. The predicted molar refractivity (Wildman–Crippen MR) is 123 cm³/mol. The van der Waals surface area contributed by atoms with Gasteiger partial charge in [0.15, 0.2) is 11.7 Å². The number of aliphatic imine (C=N–C) groups is 1. The summed E-state index contributed by atoms with van der Waals surface area (Å²) in [6.07, 6.45) is 8.12. The summed E-state index contributed by atoms with van der Waals surface area (Å²) in [6, 6.07) is 12.3. The molecule has 3 N–H and O–H groups in total. The number of amides is 1. The average molecular weight is 424 g/mol.